The van der Waals surface area contributed by atoms with Crippen molar-refractivity contribution in [3.63, 3.8) is 0 Å². The van der Waals surface area contributed by atoms with Gasteiger partial charge in [-0.3, -0.25) is 4.79 Å². The number of hydrogen-bond acceptors (Lipinski definition) is 5. The fourth-order valence-corrected chi connectivity index (χ4v) is 5.68. The Hall–Kier alpha value is -3.52. The lowest BCUT2D eigenvalue weighted by molar-refractivity contribution is -0.138. The summed E-state index contributed by atoms with van der Waals surface area (Å²) in [7, 11) is -4.24. The summed E-state index contributed by atoms with van der Waals surface area (Å²) in [5, 5.41) is 2.60. The average Bonchev–Trinajstić information content (AvgIpc) is 3.38. The molecule has 1 fully saturated rings. The molecule has 202 valence electrons. The number of nitrogens with zero attached hydrogens (tertiary/aromatic N) is 3. The molecule has 1 atom stereocenters. The van der Waals surface area contributed by atoms with E-state index in [9.17, 15) is 39.6 Å². The number of alkyl halides is 6. The SMILES string of the molecule is O=C(NCc1cc(-c2ccc(C(F)(F)F)cc2)ncn1)C1CCCN1S(=O)(=O)c1ccc(C(F)(F)F)cc1. The lowest BCUT2D eigenvalue weighted by Crippen LogP contribution is -2.45. The molecule has 0 bridgehead atoms. The first-order valence-electron chi connectivity index (χ1n) is 11.2. The molecule has 1 N–H and O–H groups in total. The molecular weight excluding hydrogens is 538 g/mol. The van der Waals surface area contributed by atoms with Crippen LogP contribution in [0.2, 0.25) is 0 Å². The van der Waals surface area contributed by atoms with Crippen molar-refractivity contribution in [2.45, 2.75) is 42.7 Å². The van der Waals surface area contributed by atoms with Gasteiger partial charge in [0.1, 0.15) is 12.4 Å². The Balaban J connectivity index is 1.44. The Bertz CT molecular complexity index is 1410. The van der Waals surface area contributed by atoms with Gasteiger partial charge in [-0.15, -0.1) is 0 Å². The van der Waals surface area contributed by atoms with E-state index in [0.717, 1.165) is 28.6 Å². The number of hydrogen-bond donors (Lipinski definition) is 1. The molecule has 0 aliphatic carbocycles. The topological polar surface area (TPSA) is 92.3 Å². The lowest BCUT2D eigenvalue weighted by atomic mass is 10.1. The molecule has 3 aromatic rings. The highest BCUT2D eigenvalue weighted by atomic mass is 32.2. The Labute approximate surface area is 213 Å². The van der Waals surface area contributed by atoms with Crippen molar-refractivity contribution < 1.29 is 39.6 Å². The van der Waals surface area contributed by atoms with Crippen LogP contribution >= 0.6 is 0 Å². The van der Waals surface area contributed by atoms with Gasteiger partial charge in [-0.2, -0.15) is 30.6 Å². The van der Waals surface area contributed by atoms with Gasteiger partial charge >= 0.3 is 12.4 Å². The summed E-state index contributed by atoms with van der Waals surface area (Å²) < 4.78 is 104. The number of halogens is 6. The van der Waals surface area contributed by atoms with E-state index >= 15 is 0 Å². The van der Waals surface area contributed by atoms with Crippen molar-refractivity contribution >= 4 is 15.9 Å². The minimum absolute atomic E-state index is 0.0209. The number of carbonyl (C=O) groups excluding carboxylic acids is 1. The van der Waals surface area contributed by atoms with Crippen LogP contribution in [0.15, 0.2) is 65.8 Å². The minimum Gasteiger partial charge on any atom is -0.349 e. The van der Waals surface area contributed by atoms with E-state index in [-0.39, 0.29) is 24.4 Å². The van der Waals surface area contributed by atoms with Gasteiger partial charge in [0.2, 0.25) is 15.9 Å². The predicted octanol–water partition coefficient (Wildman–Crippen LogP) is 4.65. The first kappa shape index (κ1) is 27.5. The number of aromatic nitrogens is 2. The second-order valence-electron chi connectivity index (χ2n) is 8.48. The second kappa shape index (κ2) is 10.3. The zero-order valence-corrected chi connectivity index (χ0v) is 20.2. The highest BCUT2D eigenvalue weighted by Gasteiger charge is 2.40. The molecular formula is C24H20F6N4O3S. The van der Waals surface area contributed by atoms with E-state index in [1.165, 1.54) is 24.5 Å². The van der Waals surface area contributed by atoms with Crippen LogP contribution in [-0.2, 0) is 33.7 Å². The van der Waals surface area contributed by atoms with Crippen molar-refractivity contribution in [1.29, 1.82) is 0 Å². The molecule has 1 aromatic heterocycles. The van der Waals surface area contributed by atoms with E-state index in [2.05, 4.69) is 15.3 Å². The highest BCUT2D eigenvalue weighted by Crippen LogP contribution is 2.32. The third kappa shape index (κ3) is 5.96. The van der Waals surface area contributed by atoms with Crippen LogP contribution in [0.25, 0.3) is 11.3 Å². The maximum atomic E-state index is 13.0. The van der Waals surface area contributed by atoms with Crippen LogP contribution in [0, 0.1) is 0 Å². The second-order valence-corrected chi connectivity index (χ2v) is 10.4. The Kier molecular flexibility index (Phi) is 7.48. The van der Waals surface area contributed by atoms with Gasteiger partial charge < -0.3 is 5.32 Å². The van der Waals surface area contributed by atoms with Crippen LogP contribution in [0.3, 0.4) is 0 Å². The van der Waals surface area contributed by atoms with Crippen LogP contribution in [0.4, 0.5) is 26.3 Å². The summed E-state index contributed by atoms with van der Waals surface area (Å²) >= 11 is 0. The molecule has 2 aromatic carbocycles. The van der Waals surface area contributed by atoms with Gasteiger partial charge in [-0.1, -0.05) is 12.1 Å². The molecule has 1 unspecified atom stereocenters. The molecule has 0 saturated carbocycles. The summed E-state index contributed by atoms with van der Waals surface area (Å²) in [6.07, 6.45) is -7.32. The number of amides is 1. The van der Waals surface area contributed by atoms with Gasteiger partial charge in [0, 0.05) is 12.1 Å². The third-order valence-electron chi connectivity index (χ3n) is 5.97. The van der Waals surface area contributed by atoms with E-state index in [4.69, 9.17) is 0 Å². The van der Waals surface area contributed by atoms with Gasteiger partial charge in [0.25, 0.3) is 0 Å². The minimum atomic E-state index is -4.62. The smallest absolute Gasteiger partial charge is 0.349 e. The fourth-order valence-electron chi connectivity index (χ4n) is 4.02. The average molecular weight is 559 g/mol. The van der Waals surface area contributed by atoms with Crippen molar-refractivity contribution in [1.82, 2.24) is 19.6 Å². The summed E-state index contributed by atoms with van der Waals surface area (Å²) in [6, 6.07) is 7.82. The number of carbonyl (C=O) groups is 1. The van der Waals surface area contributed by atoms with E-state index < -0.39 is 45.5 Å². The Morgan fingerprint density at radius 3 is 2.08 bits per heavy atom. The molecule has 38 heavy (non-hydrogen) atoms. The van der Waals surface area contributed by atoms with Gasteiger partial charge in [0.15, 0.2) is 0 Å². The predicted molar refractivity (Wildman–Crippen MR) is 123 cm³/mol. The molecule has 7 nitrogen and oxygen atoms in total. The molecule has 4 rings (SSSR count). The number of rotatable bonds is 6. The number of sulfonamides is 1. The number of nitrogens with one attached hydrogen (secondary N) is 1. The monoisotopic (exact) mass is 558 g/mol. The summed E-state index contributed by atoms with van der Waals surface area (Å²) in [5.74, 6) is -0.618. The molecule has 1 aliphatic rings. The molecule has 1 aliphatic heterocycles. The molecule has 0 radical (unpaired) electrons. The maximum Gasteiger partial charge on any atom is 0.416 e. The zero-order valence-electron chi connectivity index (χ0n) is 19.4. The Morgan fingerprint density at radius 1 is 0.921 bits per heavy atom. The summed E-state index contributed by atoms with van der Waals surface area (Å²) in [5.41, 5.74) is -0.746. The molecule has 0 spiro atoms. The lowest BCUT2D eigenvalue weighted by Gasteiger charge is -2.23. The van der Waals surface area contributed by atoms with Crippen LogP contribution < -0.4 is 5.32 Å². The summed E-state index contributed by atoms with van der Waals surface area (Å²) in [6.45, 7) is -0.0906. The zero-order chi connectivity index (χ0) is 27.7. The molecule has 14 heteroatoms. The van der Waals surface area contributed by atoms with Crippen molar-refractivity contribution in [2.75, 3.05) is 6.54 Å². The van der Waals surface area contributed by atoms with E-state index in [0.29, 0.717) is 35.5 Å². The van der Waals surface area contributed by atoms with Crippen molar-refractivity contribution in [2.24, 2.45) is 0 Å². The first-order chi connectivity index (χ1) is 17.8. The largest absolute Gasteiger partial charge is 0.416 e. The van der Waals surface area contributed by atoms with Gasteiger partial charge in [-0.05, 0) is 55.3 Å². The van der Waals surface area contributed by atoms with Gasteiger partial charge in [-0.25, -0.2) is 18.4 Å². The normalized spacial score (nSPS) is 16.9. The standard InChI is InChI=1S/C24H20F6N4O3S/c25-23(26,27)16-5-3-15(4-6-16)20-12-18(32-14-33-20)13-31-22(35)21-2-1-11-34(21)38(36,37)19-9-7-17(8-10-19)24(28,29)30/h3-10,12,14,21H,1-2,11,13H2,(H,31,35). The number of benzene rings is 2. The van der Waals surface area contributed by atoms with Crippen LogP contribution in [0.1, 0.15) is 29.7 Å². The molecule has 1 saturated heterocycles. The molecule has 1 amide bonds. The van der Waals surface area contributed by atoms with Crippen molar-refractivity contribution in [3.05, 3.63) is 77.7 Å². The highest BCUT2D eigenvalue weighted by molar-refractivity contribution is 7.89. The molecule has 2 heterocycles. The quantitative estimate of drug-likeness (QED) is 0.445. The Morgan fingerprint density at radius 2 is 1.50 bits per heavy atom. The van der Waals surface area contributed by atoms with Crippen LogP contribution in [-0.4, -0.2) is 41.2 Å². The third-order valence-corrected chi connectivity index (χ3v) is 7.89. The van der Waals surface area contributed by atoms with E-state index in [1.54, 1.807) is 0 Å². The fraction of sp³-hybridized carbons (Fsp3) is 0.292. The van der Waals surface area contributed by atoms with E-state index in [1.807, 2.05) is 0 Å². The van der Waals surface area contributed by atoms with Crippen LogP contribution in [0.5, 0.6) is 0 Å². The maximum absolute atomic E-state index is 13.0. The summed E-state index contributed by atoms with van der Waals surface area (Å²) in [4.78, 5) is 20.6. The van der Waals surface area contributed by atoms with Crippen molar-refractivity contribution in [3.8, 4) is 11.3 Å². The first-order valence-corrected chi connectivity index (χ1v) is 12.7. The van der Waals surface area contributed by atoms with Gasteiger partial charge in [0.05, 0.1) is 34.0 Å².